The zero-order chi connectivity index (χ0) is 15.6. The molecule has 2 rings (SSSR count). The molecule has 0 aliphatic carbocycles. The van der Waals surface area contributed by atoms with Crippen molar-refractivity contribution in [3.05, 3.63) is 58.1 Å². The fourth-order valence-corrected chi connectivity index (χ4v) is 2.84. The third-order valence-electron chi connectivity index (χ3n) is 2.97. The molecule has 0 aliphatic rings. The van der Waals surface area contributed by atoms with E-state index in [2.05, 4.69) is 21.2 Å². The molecule has 0 atom stereocenters. The molecule has 0 unspecified atom stereocenters. The van der Waals surface area contributed by atoms with Crippen LogP contribution in [0.25, 0.3) is 0 Å². The van der Waals surface area contributed by atoms with Crippen molar-refractivity contribution in [3.8, 4) is 0 Å². The maximum Gasteiger partial charge on any atom is 0.255 e. The Morgan fingerprint density at radius 1 is 1.14 bits per heavy atom. The van der Waals surface area contributed by atoms with Crippen molar-refractivity contribution < 1.29 is 13.2 Å². The Balaban J connectivity index is 2.33. The molecule has 0 bridgehead atoms. The molecule has 2 aromatic rings. The Morgan fingerprint density at radius 3 is 2.48 bits per heavy atom. The van der Waals surface area contributed by atoms with Crippen LogP contribution in [0, 0.1) is 6.92 Å². The molecule has 0 spiro atoms. The smallest absolute Gasteiger partial charge is 0.255 e. The van der Waals surface area contributed by atoms with Gasteiger partial charge in [0.05, 0.1) is 4.90 Å². The molecule has 0 radical (unpaired) electrons. The molecule has 0 aliphatic heterocycles. The maximum absolute atomic E-state index is 12.2. The Morgan fingerprint density at radius 2 is 1.86 bits per heavy atom. The average molecular weight is 368 g/mol. The summed E-state index contributed by atoms with van der Waals surface area (Å²) < 4.78 is 24.0. The number of sulfone groups is 1. The van der Waals surface area contributed by atoms with Crippen molar-refractivity contribution in [2.75, 3.05) is 11.6 Å². The minimum atomic E-state index is -3.31. The predicted octanol–water partition coefficient (Wildman–Crippen LogP) is 3.41. The van der Waals surface area contributed by atoms with Gasteiger partial charge in [-0.3, -0.25) is 4.79 Å². The van der Waals surface area contributed by atoms with Gasteiger partial charge in [-0.15, -0.1) is 0 Å². The van der Waals surface area contributed by atoms with Crippen molar-refractivity contribution in [2.24, 2.45) is 0 Å². The molecule has 1 N–H and O–H groups in total. The highest BCUT2D eigenvalue weighted by atomic mass is 79.9. The van der Waals surface area contributed by atoms with Crippen LogP contribution in [0.15, 0.2) is 51.8 Å². The third kappa shape index (κ3) is 3.92. The van der Waals surface area contributed by atoms with E-state index in [1.807, 2.05) is 13.0 Å². The highest BCUT2D eigenvalue weighted by Gasteiger charge is 2.12. The summed E-state index contributed by atoms with van der Waals surface area (Å²) in [7, 11) is -3.31. The second-order valence-electron chi connectivity index (χ2n) is 4.71. The van der Waals surface area contributed by atoms with Crippen LogP contribution >= 0.6 is 15.9 Å². The van der Waals surface area contributed by atoms with Gasteiger partial charge >= 0.3 is 0 Å². The SMILES string of the molecule is Cc1ccc(S(C)(=O)=O)cc1NC(=O)c1cccc(Br)c1. The number of rotatable bonds is 3. The van der Waals surface area contributed by atoms with Crippen LogP contribution < -0.4 is 5.32 Å². The van der Waals surface area contributed by atoms with E-state index in [4.69, 9.17) is 0 Å². The fourth-order valence-electron chi connectivity index (χ4n) is 1.79. The van der Waals surface area contributed by atoms with E-state index in [-0.39, 0.29) is 10.8 Å². The lowest BCUT2D eigenvalue weighted by atomic mass is 10.1. The number of nitrogens with one attached hydrogen (secondary N) is 1. The fraction of sp³-hybridized carbons (Fsp3) is 0.133. The number of halogens is 1. The van der Waals surface area contributed by atoms with Crippen molar-refractivity contribution in [1.29, 1.82) is 0 Å². The molecule has 21 heavy (non-hydrogen) atoms. The number of carbonyl (C=O) groups excluding carboxylic acids is 1. The predicted molar refractivity (Wildman–Crippen MR) is 86.4 cm³/mol. The zero-order valence-electron chi connectivity index (χ0n) is 11.6. The summed E-state index contributed by atoms with van der Waals surface area (Å²) in [5.74, 6) is -0.287. The normalized spacial score (nSPS) is 11.2. The van der Waals surface area contributed by atoms with Crippen LogP contribution in [0.3, 0.4) is 0 Å². The molecule has 0 heterocycles. The second kappa shape index (κ2) is 5.99. The van der Waals surface area contributed by atoms with E-state index >= 15 is 0 Å². The van der Waals surface area contributed by atoms with Gasteiger partial charge in [-0.05, 0) is 42.8 Å². The van der Waals surface area contributed by atoms with E-state index in [0.717, 1.165) is 16.3 Å². The van der Waals surface area contributed by atoms with E-state index in [0.29, 0.717) is 11.3 Å². The summed E-state index contributed by atoms with van der Waals surface area (Å²) in [6, 6.07) is 11.7. The van der Waals surface area contributed by atoms with Crippen molar-refractivity contribution in [1.82, 2.24) is 0 Å². The monoisotopic (exact) mass is 367 g/mol. The van der Waals surface area contributed by atoms with Crippen LogP contribution in [0.4, 0.5) is 5.69 Å². The van der Waals surface area contributed by atoms with Crippen molar-refractivity contribution >= 4 is 37.4 Å². The lowest BCUT2D eigenvalue weighted by Gasteiger charge is -2.10. The van der Waals surface area contributed by atoms with Gasteiger partial charge in [-0.2, -0.15) is 0 Å². The molecule has 0 saturated heterocycles. The standard InChI is InChI=1S/C15H14BrNO3S/c1-10-6-7-13(21(2,19)20)9-14(10)17-15(18)11-4-3-5-12(16)8-11/h3-9H,1-2H3,(H,17,18). The summed E-state index contributed by atoms with van der Waals surface area (Å²) in [5, 5.41) is 2.74. The number of hydrogen-bond donors (Lipinski definition) is 1. The summed E-state index contributed by atoms with van der Waals surface area (Å²) in [4.78, 5) is 12.4. The van der Waals surface area contributed by atoms with Gasteiger partial charge in [-0.1, -0.05) is 28.1 Å². The van der Waals surface area contributed by atoms with Crippen LogP contribution in [-0.4, -0.2) is 20.6 Å². The van der Waals surface area contributed by atoms with Gasteiger partial charge in [0.25, 0.3) is 5.91 Å². The second-order valence-corrected chi connectivity index (χ2v) is 7.64. The minimum Gasteiger partial charge on any atom is -0.322 e. The minimum absolute atomic E-state index is 0.178. The lowest BCUT2D eigenvalue weighted by molar-refractivity contribution is 0.102. The first-order chi connectivity index (χ1) is 9.77. The van der Waals surface area contributed by atoms with Crippen LogP contribution in [0.1, 0.15) is 15.9 Å². The van der Waals surface area contributed by atoms with E-state index in [9.17, 15) is 13.2 Å². The van der Waals surface area contributed by atoms with Crippen LogP contribution in [0.5, 0.6) is 0 Å². The third-order valence-corrected chi connectivity index (χ3v) is 4.58. The molecule has 110 valence electrons. The quantitative estimate of drug-likeness (QED) is 0.903. The molecule has 0 saturated carbocycles. The molecule has 0 fully saturated rings. The molecule has 4 nitrogen and oxygen atoms in total. The number of hydrogen-bond acceptors (Lipinski definition) is 3. The van der Waals surface area contributed by atoms with Crippen molar-refractivity contribution in [2.45, 2.75) is 11.8 Å². The Bertz CT molecular complexity index is 800. The first kappa shape index (κ1) is 15.7. The van der Waals surface area contributed by atoms with Gasteiger partial charge in [0, 0.05) is 22.0 Å². The molecular weight excluding hydrogens is 354 g/mol. The Kier molecular flexibility index (Phi) is 4.49. The summed E-state index contributed by atoms with van der Waals surface area (Å²) in [6.07, 6.45) is 1.14. The highest BCUT2D eigenvalue weighted by Crippen LogP contribution is 2.21. The van der Waals surface area contributed by atoms with Gasteiger partial charge in [0.2, 0.25) is 0 Å². The summed E-state index contributed by atoms with van der Waals surface area (Å²) in [6.45, 7) is 1.81. The Labute approximate surface area is 132 Å². The maximum atomic E-state index is 12.2. The van der Waals surface area contributed by atoms with Gasteiger partial charge in [-0.25, -0.2) is 8.42 Å². The molecular formula is C15H14BrNO3S. The lowest BCUT2D eigenvalue weighted by Crippen LogP contribution is -2.13. The number of carbonyl (C=O) groups is 1. The number of amides is 1. The number of aryl methyl sites for hydroxylation is 1. The first-order valence-electron chi connectivity index (χ1n) is 6.15. The van der Waals surface area contributed by atoms with Gasteiger partial charge in [0.15, 0.2) is 9.84 Å². The highest BCUT2D eigenvalue weighted by molar-refractivity contribution is 9.10. The zero-order valence-corrected chi connectivity index (χ0v) is 14.0. The Hall–Kier alpha value is -1.66. The van der Waals surface area contributed by atoms with E-state index in [1.54, 1.807) is 24.3 Å². The molecule has 0 aromatic heterocycles. The molecule has 6 heteroatoms. The first-order valence-corrected chi connectivity index (χ1v) is 8.83. The van der Waals surface area contributed by atoms with E-state index < -0.39 is 9.84 Å². The van der Waals surface area contributed by atoms with Gasteiger partial charge in [0.1, 0.15) is 0 Å². The average Bonchev–Trinajstić information content (AvgIpc) is 2.40. The van der Waals surface area contributed by atoms with Crippen LogP contribution in [0.2, 0.25) is 0 Å². The van der Waals surface area contributed by atoms with Crippen LogP contribution in [-0.2, 0) is 9.84 Å². The summed E-state index contributed by atoms with van der Waals surface area (Å²) >= 11 is 3.31. The molecule has 1 amide bonds. The number of benzene rings is 2. The molecule has 2 aromatic carbocycles. The van der Waals surface area contributed by atoms with Crippen molar-refractivity contribution in [3.63, 3.8) is 0 Å². The van der Waals surface area contributed by atoms with Gasteiger partial charge < -0.3 is 5.32 Å². The topological polar surface area (TPSA) is 63.2 Å². The largest absolute Gasteiger partial charge is 0.322 e. The van der Waals surface area contributed by atoms with E-state index in [1.165, 1.54) is 12.1 Å². The number of anilines is 1. The summed E-state index contributed by atoms with van der Waals surface area (Å²) in [5.41, 5.74) is 1.78.